The second kappa shape index (κ2) is 4.59. The second-order valence-corrected chi connectivity index (χ2v) is 4.92. The summed E-state index contributed by atoms with van der Waals surface area (Å²) in [4.78, 5) is 0. The molecule has 0 saturated heterocycles. The number of aromatic nitrogens is 2. The van der Waals surface area contributed by atoms with Gasteiger partial charge in [0.2, 0.25) is 5.96 Å². The van der Waals surface area contributed by atoms with Crippen LogP contribution in [0.15, 0.2) is 24.3 Å². The third-order valence-corrected chi connectivity index (χ3v) is 3.65. The first-order chi connectivity index (χ1) is 9.16. The molecule has 3 rings (SSSR count). The van der Waals surface area contributed by atoms with Gasteiger partial charge in [0.05, 0.1) is 5.69 Å². The summed E-state index contributed by atoms with van der Waals surface area (Å²) in [6.45, 7) is 0.857. The maximum atomic E-state index is 7.55. The van der Waals surface area contributed by atoms with Crippen molar-refractivity contribution in [2.24, 2.45) is 5.73 Å². The highest BCUT2D eigenvalue weighted by molar-refractivity contribution is 6.31. The van der Waals surface area contributed by atoms with Crippen LogP contribution in [0.3, 0.4) is 0 Å². The molecule has 0 saturated carbocycles. The number of fused-ring (bicyclic) bond motifs is 1. The van der Waals surface area contributed by atoms with E-state index < -0.39 is 0 Å². The molecular formula is C13H14ClN5. The van der Waals surface area contributed by atoms with Crippen LogP contribution in [0.1, 0.15) is 16.8 Å². The van der Waals surface area contributed by atoms with Gasteiger partial charge in [-0.3, -0.25) is 5.41 Å². The molecule has 0 atom stereocenters. The molecule has 2 aromatic rings. The number of hydrogen-bond donors (Lipinski definition) is 3. The lowest BCUT2D eigenvalue weighted by Crippen LogP contribution is -2.23. The monoisotopic (exact) mass is 275 g/mol. The summed E-state index contributed by atoms with van der Waals surface area (Å²) in [5.74, 6) is 0.769. The molecule has 1 aromatic heterocycles. The number of nitrogen functional groups attached to an aromatic ring is 1. The molecule has 19 heavy (non-hydrogen) atoms. The zero-order valence-electron chi connectivity index (χ0n) is 10.3. The molecule has 0 unspecified atom stereocenters. The number of nitrogens with zero attached hydrogens (tertiary/aromatic N) is 2. The molecule has 1 aromatic carbocycles. The third-order valence-electron chi connectivity index (χ3n) is 3.28. The average molecular weight is 276 g/mol. The average Bonchev–Trinajstić information content (AvgIpc) is 2.95. The van der Waals surface area contributed by atoms with E-state index in [1.807, 2.05) is 24.3 Å². The predicted molar refractivity (Wildman–Crippen MR) is 76.0 cm³/mol. The molecule has 2 heterocycles. The second-order valence-electron chi connectivity index (χ2n) is 4.52. The van der Waals surface area contributed by atoms with Crippen LogP contribution >= 0.6 is 11.6 Å². The van der Waals surface area contributed by atoms with Gasteiger partial charge < -0.3 is 11.1 Å². The van der Waals surface area contributed by atoms with Gasteiger partial charge >= 0.3 is 0 Å². The smallest absolute Gasteiger partial charge is 0.215 e. The van der Waals surface area contributed by atoms with Crippen molar-refractivity contribution in [1.82, 2.24) is 9.78 Å². The Morgan fingerprint density at radius 2 is 2.26 bits per heavy atom. The van der Waals surface area contributed by atoms with Crippen molar-refractivity contribution in [2.75, 3.05) is 11.9 Å². The number of benzene rings is 1. The maximum Gasteiger partial charge on any atom is 0.215 e. The molecule has 0 aliphatic carbocycles. The van der Waals surface area contributed by atoms with Crippen LogP contribution in [0, 0.1) is 5.41 Å². The van der Waals surface area contributed by atoms with Crippen LogP contribution in [0.25, 0.3) is 0 Å². The summed E-state index contributed by atoms with van der Waals surface area (Å²) in [6, 6.07) is 7.73. The fraction of sp³-hybridized carbons (Fsp3) is 0.231. The Bertz CT molecular complexity index is 646. The van der Waals surface area contributed by atoms with Crippen molar-refractivity contribution in [2.45, 2.75) is 12.8 Å². The number of anilines is 1. The van der Waals surface area contributed by atoms with E-state index >= 15 is 0 Å². The number of nitrogens with two attached hydrogens (primary N) is 1. The van der Waals surface area contributed by atoms with Crippen LogP contribution in [0.5, 0.6) is 0 Å². The van der Waals surface area contributed by atoms with Gasteiger partial charge in [-0.1, -0.05) is 29.8 Å². The summed E-state index contributed by atoms with van der Waals surface area (Å²) in [6.07, 6.45) is 1.56. The van der Waals surface area contributed by atoms with Gasteiger partial charge in [0.15, 0.2) is 0 Å². The first-order valence-electron chi connectivity index (χ1n) is 6.09. The van der Waals surface area contributed by atoms with Gasteiger partial charge in [-0.05, 0) is 18.1 Å². The molecule has 6 heteroatoms. The number of rotatable bonds is 2. The van der Waals surface area contributed by atoms with Crippen molar-refractivity contribution in [1.29, 1.82) is 5.41 Å². The summed E-state index contributed by atoms with van der Waals surface area (Å²) in [7, 11) is 0. The quantitative estimate of drug-likeness (QED) is 0.578. The van der Waals surface area contributed by atoms with Gasteiger partial charge in [-0.25, -0.2) is 0 Å². The minimum Gasteiger partial charge on any atom is -0.369 e. The molecule has 1 aliphatic heterocycles. The Labute approximate surface area is 115 Å². The standard InChI is InChI=1S/C13H14ClN5/c14-10-4-2-1-3-8(10)7-11-9-5-6-17-12(9)19(18-11)13(15)16/h1-4,17H,5-7H2,(H3,15,16). The summed E-state index contributed by atoms with van der Waals surface area (Å²) < 4.78 is 1.45. The van der Waals surface area contributed by atoms with Crippen LogP contribution in [-0.2, 0) is 12.8 Å². The molecule has 0 fully saturated rings. The van der Waals surface area contributed by atoms with Crippen molar-refractivity contribution < 1.29 is 0 Å². The van der Waals surface area contributed by atoms with Crippen LogP contribution in [-0.4, -0.2) is 22.3 Å². The van der Waals surface area contributed by atoms with Crippen molar-refractivity contribution in [3.63, 3.8) is 0 Å². The highest BCUT2D eigenvalue weighted by atomic mass is 35.5. The van der Waals surface area contributed by atoms with E-state index in [1.165, 1.54) is 4.68 Å². The lowest BCUT2D eigenvalue weighted by Gasteiger charge is -2.03. The topological polar surface area (TPSA) is 79.7 Å². The molecule has 0 bridgehead atoms. The fourth-order valence-electron chi connectivity index (χ4n) is 2.38. The molecule has 98 valence electrons. The van der Waals surface area contributed by atoms with Crippen LogP contribution in [0.4, 0.5) is 5.82 Å². The number of nitrogens with one attached hydrogen (secondary N) is 2. The third kappa shape index (κ3) is 2.06. The highest BCUT2D eigenvalue weighted by Gasteiger charge is 2.23. The molecule has 0 spiro atoms. The Balaban J connectivity index is 2.01. The number of halogens is 1. The Morgan fingerprint density at radius 1 is 1.47 bits per heavy atom. The largest absolute Gasteiger partial charge is 0.369 e. The Hall–Kier alpha value is -2.01. The van der Waals surface area contributed by atoms with Gasteiger partial charge in [0.1, 0.15) is 5.82 Å². The molecule has 0 amide bonds. The van der Waals surface area contributed by atoms with Crippen LogP contribution in [0.2, 0.25) is 5.02 Å². The zero-order chi connectivity index (χ0) is 13.4. The minimum atomic E-state index is -0.0731. The van der Waals surface area contributed by atoms with Crippen molar-refractivity contribution in [3.8, 4) is 0 Å². The van der Waals surface area contributed by atoms with E-state index in [-0.39, 0.29) is 5.96 Å². The predicted octanol–water partition coefficient (Wildman–Crippen LogP) is 1.84. The summed E-state index contributed by atoms with van der Waals surface area (Å²) in [5, 5.41) is 15.9. The van der Waals surface area contributed by atoms with Gasteiger partial charge in [0.25, 0.3) is 0 Å². The molecule has 1 aliphatic rings. The number of hydrogen-bond acceptors (Lipinski definition) is 3. The minimum absolute atomic E-state index is 0.0731. The first kappa shape index (κ1) is 12.0. The lowest BCUT2D eigenvalue weighted by atomic mass is 10.1. The van der Waals surface area contributed by atoms with E-state index in [0.29, 0.717) is 6.42 Å². The molecule has 0 radical (unpaired) electrons. The lowest BCUT2D eigenvalue weighted by molar-refractivity contribution is 0.863. The van der Waals surface area contributed by atoms with Crippen molar-refractivity contribution >= 4 is 23.4 Å². The zero-order valence-corrected chi connectivity index (χ0v) is 11.0. The van der Waals surface area contributed by atoms with Crippen molar-refractivity contribution in [3.05, 3.63) is 46.1 Å². The SMILES string of the molecule is N=C(N)n1nc(Cc2ccccc2Cl)c2c1NCC2. The normalized spacial score (nSPS) is 13.1. The maximum absolute atomic E-state index is 7.55. The fourth-order valence-corrected chi connectivity index (χ4v) is 2.59. The molecule has 5 nitrogen and oxygen atoms in total. The van der Waals surface area contributed by atoms with Gasteiger partial charge in [-0.15, -0.1) is 0 Å². The molecular weight excluding hydrogens is 262 g/mol. The van der Waals surface area contributed by atoms with E-state index in [2.05, 4.69) is 10.4 Å². The van der Waals surface area contributed by atoms with Gasteiger partial charge in [0, 0.05) is 23.6 Å². The highest BCUT2D eigenvalue weighted by Crippen LogP contribution is 2.28. The van der Waals surface area contributed by atoms with E-state index in [9.17, 15) is 0 Å². The van der Waals surface area contributed by atoms with E-state index in [0.717, 1.165) is 40.6 Å². The summed E-state index contributed by atoms with van der Waals surface area (Å²) >= 11 is 6.18. The first-order valence-corrected chi connectivity index (χ1v) is 6.47. The van der Waals surface area contributed by atoms with Crippen LogP contribution < -0.4 is 11.1 Å². The Kier molecular flexibility index (Phi) is 2.91. The Morgan fingerprint density at radius 3 is 3.00 bits per heavy atom. The van der Waals surface area contributed by atoms with E-state index in [1.54, 1.807) is 0 Å². The van der Waals surface area contributed by atoms with Gasteiger partial charge in [-0.2, -0.15) is 9.78 Å². The summed E-state index contributed by atoms with van der Waals surface area (Å²) in [5.41, 5.74) is 8.64. The van der Waals surface area contributed by atoms with E-state index in [4.69, 9.17) is 22.7 Å². The molecule has 4 N–H and O–H groups in total.